The number of hydrogen-bond acceptors (Lipinski definition) is 6. The Hall–Kier alpha value is -1.50. The van der Waals surface area contributed by atoms with Gasteiger partial charge in [0.2, 0.25) is 0 Å². The van der Waals surface area contributed by atoms with Gasteiger partial charge in [-0.2, -0.15) is 0 Å². The molecule has 2 aromatic rings. The summed E-state index contributed by atoms with van der Waals surface area (Å²) >= 11 is 1.83. The van der Waals surface area contributed by atoms with Crippen LogP contribution in [0.3, 0.4) is 0 Å². The normalized spacial score (nSPS) is 28.5. The number of nitrogens with zero attached hydrogens (tertiary/aromatic N) is 3. The largest absolute Gasteiger partial charge is 0.371 e. The molecular formula is C16H20N4OS. The summed E-state index contributed by atoms with van der Waals surface area (Å²) in [5, 5.41) is 5.58. The molecule has 0 radical (unpaired) electrons. The van der Waals surface area contributed by atoms with Crippen LogP contribution in [0.15, 0.2) is 36.1 Å². The molecule has 2 atom stereocenters. The van der Waals surface area contributed by atoms with Gasteiger partial charge in [0, 0.05) is 43.3 Å². The van der Waals surface area contributed by atoms with Gasteiger partial charge >= 0.3 is 0 Å². The van der Waals surface area contributed by atoms with Crippen molar-refractivity contribution in [2.24, 2.45) is 0 Å². The minimum Gasteiger partial charge on any atom is -0.371 e. The molecule has 2 unspecified atom stereocenters. The zero-order valence-corrected chi connectivity index (χ0v) is 13.3. The molecule has 2 aliphatic rings. The highest BCUT2D eigenvalue weighted by atomic mass is 32.1. The summed E-state index contributed by atoms with van der Waals surface area (Å²) in [4.78, 5) is 12.3. The van der Waals surface area contributed by atoms with Gasteiger partial charge in [-0.25, -0.2) is 4.98 Å². The molecule has 0 aromatic carbocycles. The first kappa shape index (κ1) is 14.1. The van der Waals surface area contributed by atoms with Crippen LogP contribution >= 0.6 is 11.3 Å². The molecule has 1 spiro atoms. The van der Waals surface area contributed by atoms with E-state index in [1.54, 1.807) is 18.6 Å². The minimum atomic E-state index is 0.0249. The summed E-state index contributed by atoms with van der Waals surface area (Å²) in [5.41, 5.74) is 0.0249. The summed E-state index contributed by atoms with van der Waals surface area (Å²) in [6.45, 7) is 3.95. The molecule has 6 heteroatoms. The summed E-state index contributed by atoms with van der Waals surface area (Å²) in [5.74, 6) is 0.835. The van der Waals surface area contributed by atoms with Crippen molar-refractivity contribution in [2.75, 3.05) is 25.0 Å². The van der Waals surface area contributed by atoms with Gasteiger partial charge in [0.25, 0.3) is 0 Å². The second-order valence-electron chi connectivity index (χ2n) is 6.17. The van der Waals surface area contributed by atoms with Crippen LogP contribution in [0.1, 0.15) is 17.7 Å². The highest BCUT2D eigenvalue weighted by Crippen LogP contribution is 2.36. The predicted octanol–water partition coefficient (Wildman–Crippen LogP) is 2.38. The van der Waals surface area contributed by atoms with Crippen molar-refractivity contribution in [1.29, 1.82) is 0 Å². The maximum atomic E-state index is 6.19. The lowest BCUT2D eigenvalue weighted by molar-refractivity contribution is 0.0120. The Morgan fingerprint density at radius 2 is 2.45 bits per heavy atom. The van der Waals surface area contributed by atoms with Gasteiger partial charge in [0.1, 0.15) is 5.82 Å². The van der Waals surface area contributed by atoms with Crippen molar-refractivity contribution in [3.63, 3.8) is 0 Å². The van der Waals surface area contributed by atoms with Crippen molar-refractivity contribution in [3.8, 4) is 0 Å². The van der Waals surface area contributed by atoms with Gasteiger partial charge in [0.05, 0.1) is 24.4 Å². The lowest BCUT2D eigenvalue weighted by Crippen LogP contribution is -2.33. The second kappa shape index (κ2) is 5.95. The fourth-order valence-corrected chi connectivity index (χ4v) is 4.24. The highest BCUT2D eigenvalue weighted by Gasteiger charge is 2.45. The molecule has 22 heavy (non-hydrogen) atoms. The summed E-state index contributed by atoms with van der Waals surface area (Å²) in [6.07, 6.45) is 7.34. The quantitative estimate of drug-likeness (QED) is 0.938. The standard InChI is InChI=1S/C16H20N4OS/c1-2-14(22-7-1)10-20-6-3-16(12-20)8-13(11-21-16)19-15-9-17-4-5-18-15/h1-2,4-5,7,9,13H,3,6,8,10-12H2,(H,18,19). The van der Waals surface area contributed by atoms with E-state index in [2.05, 4.69) is 37.7 Å². The van der Waals surface area contributed by atoms with E-state index in [0.717, 1.165) is 44.9 Å². The van der Waals surface area contributed by atoms with E-state index in [0.29, 0.717) is 6.04 Å². The maximum Gasteiger partial charge on any atom is 0.144 e. The topological polar surface area (TPSA) is 50.3 Å². The molecule has 0 aliphatic carbocycles. The van der Waals surface area contributed by atoms with Gasteiger partial charge in [-0.15, -0.1) is 11.3 Å². The van der Waals surface area contributed by atoms with Crippen molar-refractivity contribution in [1.82, 2.24) is 14.9 Å². The molecule has 2 aliphatic heterocycles. The number of anilines is 1. The third-order valence-electron chi connectivity index (χ3n) is 4.48. The van der Waals surface area contributed by atoms with Crippen molar-refractivity contribution in [3.05, 3.63) is 41.0 Å². The minimum absolute atomic E-state index is 0.0249. The van der Waals surface area contributed by atoms with Gasteiger partial charge in [-0.1, -0.05) is 6.07 Å². The molecule has 0 amide bonds. The number of thiophene rings is 1. The Labute approximate surface area is 134 Å². The molecule has 2 fully saturated rings. The zero-order chi connectivity index (χ0) is 14.8. The van der Waals surface area contributed by atoms with E-state index in [1.807, 2.05) is 11.3 Å². The Morgan fingerprint density at radius 1 is 1.45 bits per heavy atom. The molecule has 0 bridgehead atoms. The van der Waals surface area contributed by atoms with Gasteiger partial charge < -0.3 is 10.1 Å². The van der Waals surface area contributed by atoms with Crippen LogP contribution in [0, 0.1) is 0 Å². The number of rotatable bonds is 4. The molecule has 5 nitrogen and oxygen atoms in total. The van der Waals surface area contributed by atoms with Crippen molar-refractivity contribution in [2.45, 2.75) is 31.0 Å². The molecule has 4 heterocycles. The van der Waals surface area contributed by atoms with Crippen molar-refractivity contribution >= 4 is 17.2 Å². The van der Waals surface area contributed by atoms with Crippen LogP contribution in [-0.4, -0.2) is 46.2 Å². The third-order valence-corrected chi connectivity index (χ3v) is 5.34. The Morgan fingerprint density at radius 3 is 3.27 bits per heavy atom. The molecule has 0 saturated carbocycles. The summed E-state index contributed by atoms with van der Waals surface area (Å²) in [7, 11) is 0. The molecule has 1 N–H and O–H groups in total. The average Bonchev–Trinajstić information content (AvgIpc) is 3.25. The van der Waals surface area contributed by atoms with E-state index in [-0.39, 0.29) is 5.60 Å². The maximum absolute atomic E-state index is 6.19. The van der Waals surface area contributed by atoms with Crippen LogP contribution in [-0.2, 0) is 11.3 Å². The lowest BCUT2D eigenvalue weighted by Gasteiger charge is -2.23. The van der Waals surface area contributed by atoms with Crippen LogP contribution < -0.4 is 5.32 Å². The number of aromatic nitrogens is 2. The van der Waals surface area contributed by atoms with Crippen molar-refractivity contribution < 1.29 is 4.74 Å². The lowest BCUT2D eigenvalue weighted by atomic mass is 9.97. The smallest absolute Gasteiger partial charge is 0.144 e. The SMILES string of the molecule is c1csc(CN2CCC3(CC(Nc4cnccn4)CO3)C2)c1. The van der Waals surface area contributed by atoms with Gasteiger partial charge in [-0.3, -0.25) is 9.88 Å². The molecule has 4 rings (SSSR count). The Balaban J connectivity index is 1.34. The third kappa shape index (κ3) is 2.99. The molecular weight excluding hydrogens is 296 g/mol. The van der Waals surface area contributed by atoms with Gasteiger partial charge in [0.15, 0.2) is 0 Å². The van der Waals surface area contributed by atoms with E-state index in [9.17, 15) is 0 Å². The Kier molecular flexibility index (Phi) is 3.82. The Bertz CT molecular complexity index is 606. The first-order valence-electron chi connectivity index (χ1n) is 7.73. The highest BCUT2D eigenvalue weighted by molar-refractivity contribution is 7.09. The molecule has 2 saturated heterocycles. The van der Waals surface area contributed by atoms with Gasteiger partial charge in [-0.05, 0) is 17.9 Å². The van der Waals surface area contributed by atoms with E-state index in [4.69, 9.17) is 4.74 Å². The van der Waals surface area contributed by atoms with E-state index in [1.165, 1.54) is 4.88 Å². The number of nitrogens with one attached hydrogen (secondary N) is 1. The van der Waals surface area contributed by atoms with Crippen LogP contribution in [0.4, 0.5) is 5.82 Å². The molecule has 116 valence electrons. The van der Waals surface area contributed by atoms with Crippen LogP contribution in [0.2, 0.25) is 0 Å². The zero-order valence-electron chi connectivity index (χ0n) is 12.4. The summed E-state index contributed by atoms with van der Waals surface area (Å²) in [6, 6.07) is 4.67. The van der Waals surface area contributed by atoms with E-state index < -0.39 is 0 Å². The second-order valence-corrected chi connectivity index (χ2v) is 7.20. The number of ether oxygens (including phenoxy) is 1. The monoisotopic (exact) mass is 316 g/mol. The number of likely N-dealkylation sites (tertiary alicyclic amines) is 1. The first-order chi connectivity index (χ1) is 10.8. The fraction of sp³-hybridized carbons (Fsp3) is 0.500. The first-order valence-corrected chi connectivity index (χ1v) is 8.61. The molecule has 2 aromatic heterocycles. The van der Waals surface area contributed by atoms with Crippen LogP contribution in [0.25, 0.3) is 0 Å². The fourth-order valence-electron chi connectivity index (χ4n) is 3.49. The van der Waals surface area contributed by atoms with E-state index >= 15 is 0 Å². The van der Waals surface area contributed by atoms with Crippen LogP contribution in [0.5, 0.6) is 0 Å². The summed E-state index contributed by atoms with van der Waals surface area (Å²) < 4.78 is 6.19. The average molecular weight is 316 g/mol. The number of hydrogen-bond donors (Lipinski definition) is 1. The predicted molar refractivity (Wildman–Crippen MR) is 87.0 cm³/mol.